The molecule has 0 aliphatic heterocycles. The number of benzene rings is 1. The zero-order valence-corrected chi connectivity index (χ0v) is 16.2. The Bertz CT molecular complexity index is 1300. The molecular weight excluding hydrogens is 342 g/mol. The summed E-state index contributed by atoms with van der Waals surface area (Å²) in [5.74, 6) is 0.679. The molecule has 0 N–H and O–H groups in total. The first-order chi connectivity index (χ1) is 12.8. The molecule has 4 aromatic rings. The van der Waals surface area contributed by atoms with Crippen LogP contribution in [-0.4, -0.2) is 23.1 Å². The molecule has 0 unspecified atom stereocenters. The monoisotopic (exact) mass is 365 g/mol. The van der Waals surface area contributed by atoms with Crippen molar-refractivity contribution in [2.24, 2.45) is 7.05 Å². The zero-order chi connectivity index (χ0) is 19.5. The molecular formula is C20H23N5O2. The molecule has 0 aliphatic rings. The summed E-state index contributed by atoms with van der Waals surface area (Å²) < 4.78 is 6.62. The van der Waals surface area contributed by atoms with Crippen molar-refractivity contribution in [1.29, 1.82) is 0 Å². The lowest BCUT2D eigenvalue weighted by atomic mass is 10.1. The molecule has 7 heteroatoms. The van der Waals surface area contributed by atoms with Gasteiger partial charge in [0.05, 0.1) is 6.54 Å². The van der Waals surface area contributed by atoms with Crippen molar-refractivity contribution < 1.29 is 0 Å². The molecule has 0 bridgehead atoms. The predicted molar refractivity (Wildman–Crippen MR) is 106 cm³/mol. The first kappa shape index (κ1) is 17.3. The molecule has 0 saturated heterocycles. The molecule has 3 aromatic heterocycles. The summed E-state index contributed by atoms with van der Waals surface area (Å²) in [5.41, 5.74) is 3.19. The lowest BCUT2D eigenvalue weighted by molar-refractivity contribution is 0.601. The van der Waals surface area contributed by atoms with Crippen LogP contribution in [0.2, 0.25) is 0 Å². The van der Waals surface area contributed by atoms with Gasteiger partial charge in [-0.15, -0.1) is 0 Å². The summed E-state index contributed by atoms with van der Waals surface area (Å²) in [6.07, 6.45) is 1.91. The highest BCUT2D eigenvalue weighted by Crippen LogP contribution is 2.20. The lowest BCUT2D eigenvalue weighted by Gasteiger charge is -2.10. The highest BCUT2D eigenvalue weighted by atomic mass is 16.2. The maximum atomic E-state index is 13.3. The van der Waals surface area contributed by atoms with E-state index in [4.69, 9.17) is 0 Å². The number of aromatic nitrogens is 5. The highest BCUT2D eigenvalue weighted by molar-refractivity contribution is 5.75. The van der Waals surface area contributed by atoms with E-state index in [9.17, 15) is 9.59 Å². The van der Waals surface area contributed by atoms with E-state index in [1.807, 2.05) is 44.3 Å². The Morgan fingerprint density at radius 2 is 1.81 bits per heavy atom. The average molecular weight is 365 g/mol. The summed E-state index contributed by atoms with van der Waals surface area (Å²) in [6.45, 7) is 8.36. The smallest absolute Gasteiger partial charge is 0.312 e. The van der Waals surface area contributed by atoms with Crippen LogP contribution in [0.15, 0.2) is 40.1 Å². The third-order valence-electron chi connectivity index (χ3n) is 5.17. The predicted octanol–water partition coefficient (Wildman–Crippen LogP) is 2.40. The van der Waals surface area contributed by atoms with E-state index in [0.717, 1.165) is 16.8 Å². The van der Waals surface area contributed by atoms with E-state index >= 15 is 0 Å². The largest absolute Gasteiger partial charge is 0.332 e. The molecule has 0 aliphatic carbocycles. The van der Waals surface area contributed by atoms with Gasteiger partial charge in [0, 0.05) is 25.0 Å². The van der Waals surface area contributed by atoms with Gasteiger partial charge in [-0.1, -0.05) is 24.3 Å². The second kappa shape index (κ2) is 5.97. The molecule has 4 rings (SSSR count). The van der Waals surface area contributed by atoms with E-state index in [1.54, 1.807) is 11.4 Å². The van der Waals surface area contributed by atoms with Crippen molar-refractivity contribution in [3.8, 4) is 0 Å². The summed E-state index contributed by atoms with van der Waals surface area (Å²) >= 11 is 0. The van der Waals surface area contributed by atoms with Crippen LogP contribution < -0.4 is 11.2 Å². The van der Waals surface area contributed by atoms with Crippen molar-refractivity contribution in [2.75, 3.05) is 0 Å². The van der Waals surface area contributed by atoms with Crippen LogP contribution in [-0.2, 0) is 13.6 Å². The molecule has 7 nitrogen and oxygen atoms in total. The van der Waals surface area contributed by atoms with E-state index in [1.165, 1.54) is 9.13 Å². The highest BCUT2D eigenvalue weighted by Gasteiger charge is 2.21. The Balaban J connectivity index is 2.06. The molecule has 0 amide bonds. The summed E-state index contributed by atoms with van der Waals surface area (Å²) in [5, 5.41) is 0. The molecule has 140 valence electrons. The quantitative estimate of drug-likeness (QED) is 0.560. The molecule has 0 spiro atoms. The molecule has 0 radical (unpaired) electrons. The number of rotatable bonds is 3. The second-order valence-electron chi connectivity index (χ2n) is 7.35. The van der Waals surface area contributed by atoms with E-state index < -0.39 is 0 Å². The number of nitrogens with zero attached hydrogens (tertiary/aromatic N) is 5. The van der Waals surface area contributed by atoms with Gasteiger partial charge in [-0.25, -0.2) is 4.79 Å². The fourth-order valence-corrected chi connectivity index (χ4v) is 3.76. The number of hydrogen-bond donors (Lipinski definition) is 0. The number of imidazole rings is 2. The van der Waals surface area contributed by atoms with Crippen molar-refractivity contribution in [2.45, 2.75) is 40.3 Å². The summed E-state index contributed by atoms with van der Waals surface area (Å²) in [4.78, 5) is 30.8. The Labute approximate surface area is 156 Å². The first-order valence-corrected chi connectivity index (χ1v) is 9.05. The van der Waals surface area contributed by atoms with Crippen LogP contribution in [0.1, 0.15) is 36.7 Å². The van der Waals surface area contributed by atoms with Gasteiger partial charge in [0.15, 0.2) is 11.2 Å². The second-order valence-corrected chi connectivity index (χ2v) is 7.35. The van der Waals surface area contributed by atoms with E-state index in [2.05, 4.69) is 23.4 Å². The normalized spacial score (nSPS) is 11.9. The van der Waals surface area contributed by atoms with Gasteiger partial charge in [-0.3, -0.25) is 18.3 Å². The Hall–Kier alpha value is -3.09. The number of hydrogen-bond acceptors (Lipinski definition) is 3. The fraction of sp³-hybridized carbons (Fsp3) is 0.350. The van der Waals surface area contributed by atoms with Crippen molar-refractivity contribution >= 4 is 16.9 Å². The first-order valence-electron chi connectivity index (χ1n) is 9.05. The SMILES string of the molecule is Cc1ccccc1Cn1c(=O)c2c(nc3n(C(C)C)c(C)cn23)n(C)c1=O. The Morgan fingerprint density at radius 3 is 2.48 bits per heavy atom. The molecule has 0 saturated carbocycles. The minimum absolute atomic E-state index is 0.200. The van der Waals surface area contributed by atoms with Crippen molar-refractivity contribution in [3.05, 3.63) is 68.1 Å². The van der Waals surface area contributed by atoms with Gasteiger partial charge in [0.2, 0.25) is 5.78 Å². The fourth-order valence-electron chi connectivity index (χ4n) is 3.76. The van der Waals surface area contributed by atoms with Gasteiger partial charge in [0.1, 0.15) is 0 Å². The van der Waals surface area contributed by atoms with Gasteiger partial charge >= 0.3 is 5.69 Å². The van der Waals surface area contributed by atoms with Crippen LogP contribution in [0.25, 0.3) is 16.9 Å². The van der Waals surface area contributed by atoms with E-state index in [0.29, 0.717) is 16.9 Å². The van der Waals surface area contributed by atoms with Crippen LogP contribution >= 0.6 is 0 Å². The maximum absolute atomic E-state index is 13.3. The van der Waals surface area contributed by atoms with Crippen LogP contribution in [0.5, 0.6) is 0 Å². The molecule has 3 heterocycles. The maximum Gasteiger partial charge on any atom is 0.332 e. The van der Waals surface area contributed by atoms with Gasteiger partial charge in [-0.2, -0.15) is 4.98 Å². The van der Waals surface area contributed by atoms with Crippen LogP contribution in [0.3, 0.4) is 0 Å². The molecule has 0 atom stereocenters. The third-order valence-corrected chi connectivity index (χ3v) is 5.17. The standard InChI is InChI=1S/C20H23N5O2/c1-12(2)25-14(4)10-23-16-17(21-19(23)25)22(5)20(27)24(18(16)26)11-15-9-7-6-8-13(15)3/h6-10,12H,11H2,1-5H3. The Kier molecular flexibility index (Phi) is 3.83. The van der Waals surface area contributed by atoms with E-state index in [-0.39, 0.29) is 23.8 Å². The summed E-state index contributed by atoms with van der Waals surface area (Å²) in [7, 11) is 1.66. The lowest BCUT2D eigenvalue weighted by Crippen LogP contribution is -2.39. The average Bonchev–Trinajstić information content (AvgIpc) is 3.12. The van der Waals surface area contributed by atoms with Crippen LogP contribution in [0.4, 0.5) is 0 Å². The molecule has 1 aromatic carbocycles. The van der Waals surface area contributed by atoms with Crippen molar-refractivity contribution in [1.82, 2.24) is 23.1 Å². The third kappa shape index (κ3) is 2.45. The number of aryl methyl sites for hydroxylation is 3. The summed E-state index contributed by atoms with van der Waals surface area (Å²) in [6, 6.07) is 7.98. The van der Waals surface area contributed by atoms with Crippen molar-refractivity contribution in [3.63, 3.8) is 0 Å². The van der Waals surface area contributed by atoms with Crippen LogP contribution in [0, 0.1) is 13.8 Å². The Morgan fingerprint density at radius 1 is 1.11 bits per heavy atom. The topological polar surface area (TPSA) is 66.2 Å². The molecule has 27 heavy (non-hydrogen) atoms. The van der Waals surface area contributed by atoms with Gasteiger partial charge in [-0.05, 0) is 38.8 Å². The zero-order valence-electron chi connectivity index (χ0n) is 16.2. The minimum atomic E-state index is -0.357. The number of fused-ring (bicyclic) bond motifs is 3. The molecule has 0 fully saturated rings. The van der Waals surface area contributed by atoms with Gasteiger partial charge < -0.3 is 4.57 Å². The van der Waals surface area contributed by atoms with Gasteiger partial charge in [0.25, 0.3) is 5.56 Å². The minimum Gasteiger partial charge on any atom is -0.312 e.